The van der Waals surface area contributed by atoms with Crippen molar-refractivity contribution in [1.29, 1.82) is 0 Å². The number of carbonyl (C=O) groups excluding carboxylic acids is 1. The first kappa shape index (κ1) is 18.5. The molecule has 0 saturated carbocycles. The topological polar surface area (TPSA) is 142 Å². The van der Waals surface area contributed by atoms with Crippen LogP contribution in [-0.2, 0) is 16.1 Å². The molecular formula is C18H18N6O2S. The second-order valence-corrected chi connectivity index (χ2v) is 6.39. The number of thiophene rings is 1. The fraction of sp³-hybridized carbons (Fsp3) is 0.111. The van der Waals surface area contributed by atoms with Gasteiger partial charge < -0.3 is 21.9 Å². The number of nitrogens with two attached hydrogens (primary N) is 3. The van der Waals surface area contributed by atoms with Gasteiger partial charge in [-0.1, -0.05) is 0 Å². The molecule has 0 aromatic carbocycles. The van der Waals surface area contributed by atoms with Gasteiger partial charge >= 0.3 is 5.97 Å². The van der Waals surface area contributed by atoms with Crippen molar-refractivity contribution in [3.63, 3.8) is 0 Å². The number of nitrogens with zero attached hydrogens (tertiary/aromatic N) is 3. The molecular weight excluding hydrogens is 364 g/mol. The van der Waals surface area contributed by atoms with Crippen LogP contribution in [0, 0.1) is 0 Å². The quantitative estimate of drug-likeness (QED) is 0.264. The molecule has 0 aliphatic carbocycles. The number of rotatable bonds is 5. The Labute approximate surface area is 159 Å². The Kier molecular flexibility index (Phi) is 5.43. The molecule has 138 valence electrons. The minimum absolute atomic E-state index is 0.0216. The zero-order valence-corrected chi connectivity index (χ0v) is 15.4. The lowest BCUT2D eigenvalue weighted by Crippen LogP contribution is -2.23. The van der Waals surface area contributed by atoms with Crippen LogP contribution in [-0.4, -0.2) is 28.9 Å². The van der Waals surface area contributed by atoms with Gasteiger partial charge in [-0.25, -0.2) is 14.8 Å². The SMILES string of the molecule is COC(=O)/C(=C/N)C(N)=Nc1ccc2scc(-c3ccnc(CN)c3)c2n1. The van der Waals surface area contributed by atoms with E-state index in [1.807, 2.05) is 23.6 Å². The lowest BCUT2D eigenvalue weighted by Gasteiger charge is -2.05. The number of aliphatic imine (C=N–C) groups is 1. The van der Waals surface area contributed by atoms with Gasteiger partial charge in [-0.3, -0.25) is 4.98 Å². The Morgan fingerprint density at radius 2 is 2.19 bits per heavy atom. The van der Waals surface area contributed by atoms with Gasteiger partial charge in [0, 0.05) is 29.9 Å². The molecule has 0 bridgehead atoms. The van der Waals surface area contributed by atoms with Crippen LogP contribution < -0.4 is 17.2 Å². The summed E-state index contributed by atoms with van der Waals surface area (Å²) in [6.45, 7) is 0.358. The second-order valence-electron chi connectivity index (χ2n) is 5.47. The van der Waals surface area contributed by atoms with E-state index in [4.69, 9.17) is 17.2 Å². The maximum Gasteiger partial charge on any atom is 0.343 e. The number of hydrogen-bond acceptors (Lipinski definition) is 8. The van der Waals surface area contributed by atoms with Crippen molar-refractivity contribution in [1.82, 2.24) is 9.97 Å². The third kappa shape index (κ3) is 3.78. The number of esters is 1. The molecule has 3 rings (SSSR count). The lowest BCUT2D eigenvalue weighted by atomic mass is 10.1. The Balaban J connectivity index is 2.05. The molecule has 0 radical (unpaired) electrons. The minimum Gasteiger partial charge on any atom is -0.465 e. The Morgan fingerprint density at radius 1 is 1.37 bits per heavy atom. The average molecular weight is 382 g/mol. The van der Waals surface area contributed by atoms with Crippen LogP contribution in [0.5, 0.6) is 0 Å². The molecule has 0 fully saturated rings. The summed E-state index contributed by atoms with van der Waals surface area (Å²) in [7, 11) is 1.24. The van der Waals surface area contributed by atoms with E-state index in [1.54, 1.807) is 23.6 Å². The van der Waals surface area contributed by atoms with Crippen molar-refractivity contribution in [2.75, 3.05) is 7.11 Å². The van der Waals surface area contributed by atoms with E-state index in [-0.39, 0.29) is 11.4 Å². The predicted molar refractivity (Wildman–Crippen MR) is 106 cm³/mol. The first-order valence-electron chi connectivity index (χ1n) is 7.95. The molecule has 9 heteroatoms. The summed E-state index contributed by atoms with van der Waals surface area (Å²) in [5.41, 5.74) is 20.5. The zero-order valence-electron chi connectivity index (χ0n) is 14.5. The third-order valence-electron chi connectivity index (χ3n) is 3.82. The molecule has 3 aromatic rings. The average Bonchev–Trinajstić information content (AvgIpc) is 3.11. The molecule has 0 saturated heterocycles. The molecule has 8 nitrogen and oxygen atoms in total. The van der Waals surface area contributed by atoms with E-state index in [0.717, 1.165) is 33.2 Å². The molecule has 0 aliphatic heterocycles. The zero-order chi connectivity index (χ0) is 19.4. The fourth-order valence-corrected chi connectivity index (χ4v) is 3.38. The summed E-state index contributed by atoms with van der Waals surface area (Å²) in [4.78, 5) is 24.7. The Morgan fingerprint density at radius 3 is 2.89 bits per heavy atom. The van der Waals surface area contributed by atoms with Gasteiger partial charge in [0.15, 0.2) is 5.82 Å². The molecule has 3 heterocycles. The van der Waals surface area contributed by atoms with Crippen LogP contribution in [0.15, 0.2) is 52.6 Å². The summed E-state index contributed by atoms with van der Waals surface area (Å²) in [5.74, 6) is -0.375. The number of aromatic nitrogens is 2. The maximum atomic E-state index is 11.7. The number of pyridine rings is 2. The van der Waals surface area contributed by atoms with Crippen LogP contribution >= 0.6 is 11.3 Å². The smallest absolute Gasteiger partial charge is 0.343 e. The second kappa shape index (κ2) is 7.94. The van der Waals surface area contributed by atoms with Crippen molar-refractivity contribution in [2.45, 2.75) is 6.54 Å². The number of carbonyl (C=O) groups is 1. The monoisotopic (exact) mass is 382 g/mol. The predicted octanol–water partition coefficient (Wildman–Crippen LogP) is 1.82. The maximum absolute atomic E-state index is 11.7. The highest BCUT2D eigenvalue weighted by atomic mass is 32.1. The van der Waals surface area contributed by atoms with Crippen LogP contribution in [0.2, 0.25) is 0 Å². The fourth-order valence-electron chi connectivity index (χ4n) is 2.48. The van der Waals surface area contributed by atoms with Gasteiger partial charge in [0.25, 0.3) is 0 Å². The van der Waals surface area contributed by atoms with Gasteiger partial charge in [-0.2, -0.15) is 0 Å². The highest BCUT2D eigenvalue weighted by molar-refractivity contribution is 7.17. The van der Waals surface area contributed by atoms with Crippen molar-refractivity contribution in [3.05, 3.63) is 53.3 Å². The number of methoxy groups -OCH3 is 1. The molecule has 3 aromatic heterocycles. The van der Waals surface area contributed by atoms with Gasteiger partial charge in [0.05, 0.1) is 23.0 Å². The van der Waals surface area contributed by atoms with Crippen molar-refractivity contribution in [2.24, 2.45) is 22.2 Å². The summed E-state index contributed by atoms with van der Waals surface area (Å²) >= 11 is 1.57. The van der Waals surface area contributed by atoms with Crippen molar-refractivity contribution < 1.29 is 9.53 Å². The first-order chi connectivity index (χ1) is 13.1. The normalized spacial score (nSPS) is 12.4. The van der Waals surface area contributed by atoms with Gasteiger partial charge in [-0.05, 0) is 29.8 Å². The largest absolute Gasteiger partial charge is 0.465 e. The van der Waals surface area contributed by atoms with Gasteiger partial charge in [0.2, 0.25) is 0 Å². The molecule has 0 aliphatic rings. The minimum atomic E-state index is -0.665. The lowest BCUT2D eigenvalue weighted by molar-refractivity contribution is -0.135. The van der Waals surface area contributed by atoms with Gasteiger partial charge in [-0.15, -0.1) is 11.3 Å². The van der Waals surface area contributed by atoms with E-state index < -0.39 is 5.97 Å². The highest BCUT2D eigenvalue weighted by Gasteiger charge is 2.15. The van der Waals surface area contributed by atoms with Crippen LogP contribution in [0.4, 0.5) is 5.82 Å². The first-order valence-corrected chi connectivity index (χ1v) is 8.83. The van der Waals surface area contributed by atoms with Gasteiger partial charge in [0.1, 0.15) is 11.4 Å². The van der Waals surface area contributed by atoms with E-state index in [0.29, 0.717) is 12.4 Å². The molecule has 0 spiro atoms. The van der Waals surface area contributed by atoms with Crippen molar-refractivity contribution >= 4 is 39.2 Å². The molecule has 0 unspecified atom stereocenters. The number of amidine groups is 1. The Hall–Kier alpha value is -3.30. The van der Waals surface area contributed by atoms with E-state index in [1.165, 1.54) is 7.11 Å². The molecule has 6 N–H and O–H groups in total. The standard InChI is InChI=1S/C18H18N6O2S/c1-26-18(25)12(8-20)17(21)24-15-3-2-14-16(23-15)13(9-27-14)10-4-5-22-11(6-10)7-19/h2-6,8-9H,7,19-20H2,1H3,(H2,21,23,24)/b12-8+. The summed E-state index contributed by atoms with van der Waals surface area (Å²) < 4.78 is 5.63. The number of ether oxygens (including phenoxy) is 1. The number of hydrogen-bond donors (Lipinski definition) is 3. The molecule has 0 amide bonds. The number of fused-ring (bicyclic) bond motifs is 1. The molecule has 0 atom stereocenters. The third-order valence-corrected chi connectivity index (χ3v) is 4.76. The molecule has 27 heavy (non-hydrogen) atoms. The summed E-state index contributed by atoms with van der Waals surface area (Å²) in [5, 5.41) is 2.02. The summed E-state index contributed by atoms with van der Waals surface area (Å²) in [6, 6.07) is 7.45. The summed E-state index contributed by atoms with van der Waals surface area (Å²) in [6.07, 6.45) is 2.78. The van der Waals surface area contributed by atoms with Crippen LogP contribution in [0.1, 0.15) is 5.69 Å². The Bertz CT molecular complexity index is 1060. The van der Waals surface area contributed by atoms with E-state index in [9.17, 15) is 4.79 Å². The van der Waals surface area contributed by atoms with Crippen LogP contribution in [0.25, 0.3) is 21.3 Å². The highest BCUT2D eigenvalue weighted by Crippen LogP contribution is 2.34. The van der Waals surface area contributed by atoms with Crippen LogP contribution in [0.3, 0.4) is 0 Å². The van der Waals surface area contributed by atoms with E-state index >= 15 is 0 Å². The van der Waals surface area contributed by atoms with Crippen molar-refractivity contribution in [3.8, 4) is 11.1 Å². The van der Waals surface area contributed by atoms with E-state index in [2.05, 4.69) is 19.7 Å².